The van der Waals surface area contributed by atoms with Crippen molar-refractivity contribution < 1.29 is 14.3 Å². The van der Waals surface area contributed by atoms with E-state index >= 15 is 0 Å². The van der Waals surface area contributed by atoms with Gasteiger partial charge in [-0.1, -0.05) is 25.4 Å². The monoisotopic (exact) mass is 389 g/mol. The topological polar surface area (TPSA) is 71.5 Å². The van der Waals surface area contributed by atoms with Crippen LogP contribution < -0.4 is 10.2 Å². The number of pyridine rings is 1. The molecule has 6 nitrogen and oxygen atoms in total. The molecule has 0 aliphatic heterocycles. The summed E-state index contributed by atoms with van der Waals surface area (Å²) in [6.07, 6.45) is 5.28. The van der Waals surface area contributed by atoms with Gasteiger partial charge in [0.1, 0.15) is 0 Å². The van der Waals surface area contributed by atoms with E-state index in [1.807, 2.05) is 6.07 Å². The van der Waals surface area contributed by atoms with Gasteiger partial charge in [0.15, 0.2) is 0 Å². The minimum absolute atomic E-state index is 0.307. The highest BCUT2D eigenvalue weighted by atomic mass is 35.5. The van der Waals surface area contributed by atoms with Gasteiger partial charge in [0.25, 0.3) is 5.91 Å². The number of carbonyl (C=O) groups excluding carboxylic acids is 2. The average molecular weight is 390 g/mol. The van der Waals surface area contributed by atoms with Crippen LogP contribution in [-0.2, 0) is 4.74 Å². The lowest BCUT2D eigenvalue weighted by atomic mass is 10.2. The van der Waals surface area contributed by atoms with Gasteiger partial charge in [-0.25, -0.2) is 4.79 Å². The highest BCUT2D eigenvalue weighted by Crippen LogP contribution is 2.24. The minimum atomic E-state index is -0.499. The molecular formula is C20H24ClN3O3. The van der Waals surface area contributed by atoms with Crippen LogP contribution in [0.3, 0.4) is 0 Å². The van der Waals surface area contributed by atoms with Crippen molar-refractivity contribution in [3.05, 3.63) is 52.8 Å². The van der Waals surface area contributed by atoms with Gasteiger partial charge in [0, 0.05) is 19.3 Å². The number of carbonyl (C=O) groups is 2. The second kappa shape index (κ2) is 9.92. The number of esters is 1. The maximum absolute atomic E-state index is 12.7. The zero-order chi connectivity index (χ0) is 19.8. The van der Waals surface area contributed by atoms with E-state index in [1.54, 1.807) is 18.3 Å². The number of amides is 1. The van der Waals surface area contributed by atoms with Crippen LogP contribution in [0.4, 0.5) is 11.4 Å². The Bertz CT molecular complexity index is 805. The number of nitrogens with one attached hydrogen (secondary N) is 1. The van der Waals surface area contributed by atoms with Crippen molar-refractivity contribution in [2.75, 3.05) is 30.4 Å². The molecule has 0 aliphatic carbocycles. The number of halogens is 1. The molecule has 0 fully saturated rings. The van der Waals surface area contributed by atoms with Gasteiger partial charge in [-0.15, -0.1) is 0 Å². The first kappa shape index (κ1) is 20.7. The SMILES string of the molecule is CCCN(CCC)c1cncc(C(=O)Nc2cc(C(=O)OC)ccc2Cl)c1. The molecule has 7 heteroatoms. The summed E-state index contributed by atoms with van der Waals surface area (Å²) in [4.78, 5) is 30.8. The molecule has 1 aromatic carbocycles. The minimum Gasteiger partial charge on any atom is -0.465 e. The predicted molar refractivity (Wildman–Crippen MR) is 108 cm³/mol. The molecule has 0 aliphatic rings. The summed E-state index contributed by atoms with van der Waals surface area (Å²) in [5.41, 5.74) is 1.97. The van der Waals surface area contributed by atoms with E-state index < -0.39 is 5.97 Å². The fourth-order valence-corrected chi connectivity index (χ4v) is 2.86. The van der Waals surface area contributed by atoms with Crippen molar-refractivity contribution in [3.63, 3.8) is 0 Å². The van der Waals surface area contributed by atoms with Gasteiger partial charge in [-0.05, 0) is 37.1 Å². The van der Waals surface area contributed by atoms with Crippen molar-refractivity contribution in [3.8, 4) is 0 Å². The van der Waals surface area contributed by atoms with Crippen LogP contribution in [0.5, 0.6) is 0 Å². The smallest absolute Gasteiger partial charge is 0.337 e. The van der Waals surface area contributed by atoms with Gasteiger partial charge >= 0.3 is 5.97 Å². The standard InChI is InChI=1S/C20H24ClN3O3/c1-4-8-24(9-5-2)16-10-15(12-22-13-16)19(25)23-18-11-14(20(26)27-3)6-7-17(18)21/h6-7,10-13H,4-5,8-9H2,1-3H3,(H,23,25). The Morgan fingerprint density at radius 1 is 1.11 bits per heavy atom. The lowest BCUT2D eigenvalue weighted by molar-refractivity contribution is 0.0600. The fraction of sp³-hybridized carbons (Fsp3) is 0.350. The second-order valence-electron chi connectivity index (χ2n) is 6.06. The first-order valence-corrected chi connectivity index (χ1v) is 9.27. The zero-order valence-electron chi connectivity index (χ0n) is 15.8. The molecule has 0 unspecified atom stereocenters. The number of rotatable bonds is 8. The summed E-state index contributed by atoms with van der Waals surface area (Å²) in [5.74, 6) is -0.846. The van der Waals surface area contributed by atoms with Gasteiger partial charge in [-0.3, -0.25) is 9.78 Å². The third-order valence-corrected chi connectivity index (χ3v) is 4.30. The number of ether oxygens (including phenoxy) is 1. The number of hydrogen-bond donors (Lipinski definition) is 1. The van der Waals surface area contributed by atoms with Crippen LogP contribution >= 0.6 is 11.6 Å². The number of aromatic nitrogens is 1. The summed E-state index contributed by atoms with van der Waals surface area (Å²) in [5, 5.41) is 3.07. The van der Waals surface area contributed by atoms with Crippen molar-refractivity contribution >= 4 is 34.9 Å². The Labute approximate surface area is 164 Å². The van der Waals surface area contributed by atoms with E-state index in [2.05, 4.69) is 29.0 Å². The summed E-state index contributed by atoms with van der Waals surface area (Å²) in [7, 11) is 1.30. The summed E-state index contributed by atoms with van der Waals surface area (Å²) >= 11 is 6.15. The molecule has 0 bridgehead atoms. The number of benzene rings is 1. The Hall–Kier alpha value is -2.60. The Morgan fingerprint density at radius 2 is 1.81 bits per heavy atom. The second-order valence-corrected chi connectivity index (χ2v) is 6.47. The molecule has 1 amide bonds. The molecule has 27 heavy (non-hydrogen) atoms. The lowest BCUT2D eigenvalue weighted by Crippen LogP contribution is -2.25. The molecule has 0 spiro atoms. The number of anilines is 2. The number of methoxy groups -OCH3 is 1. The largest absolute Gasteiger partial charge is 0.465 e. The van der Waals surface area contributed by atoms with Crippen LogP contribution in [-0.4, -0.2) is 37.1 Å². The molecule has 1 aromatic heterocycles. The quantitative estimate of drug-likeness (QED) is 0.677. The van der Waals surface area contributed by atoms with Crippen LogP contribution in [0.15, 0.2) is 36.7 Å². The molecular weight excluding hydrogens is 366 g/mol. The van der Waals surface area contributed by atoms with E-state index in [0.29, 0.717) is 21.8 Å². The third-order valence-electron chi connectivity index (χ3n) is 3.97. The van der Waals surface area contributed by atoms with E-state index in [-0.39, 0.29) is 5.91 Å². The van der Waals surface area contributed by atoms with Gasteiger partial charge in [0.2, 0.25) is 0 Å². The highest BCUT2D eigenvalue weighted by molar-refractivity contribution is 6.34. The molecule has 0 radical (unpaired) electrons. The molecule has 1 heterocycles. The zero-order valence-corrected chi connectivity index (χ0v) is 16.5. The first-order valence-electron chi connectivity index (χ1n) is 8.89. The summed E-state index contributed by atoms with van der Waals surface area (Å²) in [6, 6.07) is 6.39. The van der Waals surface area contributed by atoms with Crippen LogP contribution in [0.25, 0.3) is 0 Å². The van der Waals surface area contributed by atoms with Crippen LogP contribution in [0.2, 0.25) is 5.02 Å². The highest BCUT2D eigenvalue weighted by Gasteiger charge is 2.14. The lowest BCUT2D eigenvalue weighted by Gasteiger charge is -2.23. The Kier molecular flexibility index (Phi) is 7.61. The van der Waals surface area contributed by atoms with E-state index in [0.717, 1.165) is 31.6 Å². The number of nitrogens with zero attached hydrogens (tertiary/aromatic N) is 2. The molecule has 2 rings (SSSR count). The molecule has 2 aromatic rings. The fourth-order valence-electron chi connectivity index (χ4n) is 2.70. The first-order chi connectivity index (χ1) is 13.0. The maximum Gasteiger partial charge on any atom is 0.337 e. The maximum atomic E-state index is 12.7. The van der Waals surface area contributed by atoms with Crippen molar-refractivity contribution in [2.45, 2.75) is 26.7 Å². The summed E-state index contributed by atoms with van der Waals surface area (Å²) in [6.45, 7) is 6.02. The van der Waals surface area contributed by atoms with E-state index in [4.69, 9.17) is 16.3 Å². The predicted octanol–water partition coefficient (Wildman–Crippen LogP) is 4.40. The molecule has 0 saturated heterocycles. The van der Waals surface area contributed by atoms with Crippen molar-refractivity contribution in [2.24, 2.45) is 0 Å². The van der Waals surface area contributed by atoms with Crippen LogP contribution in [0.1, 0.15) is 47.4 Å². The van der Waals surface area contributed by atoms with Gasteiger partial charge in [0.05, 0.1) is 40.8 Å². The van der Waals surface area contributed by atoms with Gasteiger partial charge in [-0.2, -0.15) is 0 Å². The Morgan fingerprint density at radius 3 is 2.44 bits per heavy atom. The van der Waals surface area contributed by atoms with E-state index in [9.17, 15) is 9.59 Å². The molecule has 0 atom stereocenters. The van der Waals surface area contributed by atoms with Crippen molar-refractivity contribution in [1.29, 1.82) is 0 Å². The normalized spacial score (nSPS) is 10.4. The van der Waals surface area contributed by atoms with Gasteiger partial charge < -0.3 is 15.0 Å². The van der Waals surface area contributed by atoms with Crippen molar-refractivity contribution in [1.82, 2.24) is 4.98 Å². The third kappa shape index (κ3) is 5.44. The number of hydrogen-bond acceptors (Lipinski definition) is 5. The van der Waals surface area contributed by atoms with Crippen LogP contribution in [0, 0.1) is 0 Å². The molecule has 144 valence electrons. The average Bonchev–Trinajstić information content (AvgIpc) is 2.69. The summed E-state index contributed by atoms with van der Waals surface area (Å²) < 4.78 is 4.70. The Balaban J connectivity index is 2.23. The molecule has 1 N–H and O–H groups in total. The molecule has 0 saturated carbocycles. The van der Waals surface area contributed by atoms with E-state index in [1.165, 1.54) is 19.4 Å².